The van der Waals surface area contributed by atoms with Crippen molar-refractivity contribution in [1.82, 2.24) is 0 Å². The Bertz CT molecular complexity index is 1110. The molecular weight excluding hydrogens is 817 g/mol. The molecular formula is C60H110O6. The highest BCUT2D eigenvalue weighted by Crippen LogP contribution is 2.15. The van der Waals surface area contributed by atoms with Gasteiger partial charge in [0.2, 0.25) is 0 Å². The van der Waals surface area contributed by atoms with E-state index in [1.807, 2.05) is 0 Å². The fraction of sp³-hybridized carbons (Fsp3) is 0.850. The van der Waals surface area contributed by atoms with E-state index in [2.05, 4.69) is 57.2 Å². The summed E-state index contributed by atoms with van der Waals surface area (Å²) < 4.78 is 16.9. The summed E-state index contributed by atoms with van der Waals surface area (Å²) in [6.45, 7) is 6.64. The van der Waals surface area contributed by atoms with Crippen LogP contribution >= 0.6 is 0 Å². The van der Waals surface area contributed by atoms with E-state index in [9.17, 15) is 14.4 Å². The molecule has 0 aliphatic heterocycles. The van der Waals surface area contributed by atoms with Crippen LogP contribution in [0.3, 0.4) is 0 Å². The third-order valence-corrected chi connectivity index (χ3v) is 12.8. The average molecular weight is 928 g/mol. The Morgan fingerprint density at radius 3 is 0.773 bits per heavy atom. The molecule has 0 aromatic heterocycles. The van der Waals surface area contributed by atoms with Crippen molar-refractivity contribution >= 4 is 17.9 Å². The quantitative estimate of drug-likeness (QED) is 0.0262. The van der Waals surface area contributed by atoms with Crippen molar-refractivity contribution in [1.29, 1.82) is 0 Å². The summed E-state index contributed by atoms with van der Waals surface area (Å²) in [4.78, 5) is 38.1. The molecule has 66 heavy (non-hydrogen) atoms. The van der Waals surface area contributed by atoms with Crippen molar-refractivity contribution in [3.05, 3.63) is 36.5 Å². The lowest BCUT2D eigenvalue weighted by Gasteiger charge is -2.18. The Morgan fingerprint density at radius 2 is 0.500 bits per heavy atom. The minimum Gasteiger partial charge on any atom is -0.462 e. The molecule has 0 N–H and O–H groups in total. The molecule has 0 amide bonds. The lowest BCUT2D eigenvalue weighted by molar-refractivity contribution is -0.167. The number of allylic oxidation sites excluding steroid dienone is 6. The lowest BCUT2D eigenvalue weighted by Crippen LogP contribution is -2.30. The van der Waals surface area contributed by atoms with Crippen molar-refractivity contribution in [2.75, 3.05) is 13.2 Å². The molecule has 1 atom stereocenters. The van der Waals surface area contributed by atoms with Crippen LogP contribution in [-0.2, 0) is 28.6 Å². The van der Waals surface area contributed by atoms with Gasteiger partial charge in [-0.05, 0) is 96.3 Å². The van der Waals surface area contributed by atoms with Gasteiger partial charge in [-0.15, -0.1) is 0 Å². The SMILES string of the molecule is CCCCCC/C=C\CCCCCCCCCC(=O)OC[C@@H](COC(=O)CCCCCCCCC/C=C\CCCCCCCCC)OC(=O)CCCCCCC/C=C\CCCCCCCC. The summed E-state index contributed by atoms with van der Waals surface area (Å²) in [5, 5.41) is 0. The minimum atomic E-state index is -0.778. The van der Waals surface area contributed by atoms with E-state index < -0.39 is 6.10 Å². The molecule has 0 saturated heterocycles. The van der Waals surface area contributed by atoms with Crippen molar-refractivity contribution in [3.63, 3.8) is 0 Å². The number of hydrogen-bond acceptors (Lipinski definition) is 6. The van der Waals surface area contributed by atoms with Gasteiger partial charge in [0.05, 0.1) is 0 Å². The van der Waals surface area contributed by atoms with Gasteiger partial charge in [0.15, 0.2) is 6.10 Å². The maximum Gasteiger partial charge on any atom is 0.306 e. The highest BCUT2D eigenvalue weighted by Gasteiger charge is 2.19. The number of hydrogen-bond donors (Lipinski definition) is 0. The monoisotopic (exact) mass is 927 g/mol. The molecule has 6 heteroatoms. The van der Waals surface area contributed by atoms with Crippen molar-refractivity contribution in [3.8, 4) is 0 Å². The summed E-state index contributed by atoms with van der Waals surface area (Å²) in [5.41, 5.74) is 0. The number of unbranched alkanes of at least 4 members (excludes halogenated alkanes) is 36. The van der Waals surface area contributed by atoms with Crippen LogP contribution in [0.1, 0.15) is 310 Å². The highest BCUT2D eigenvalue weighted by molar-refractivity contribution is 5.71. The Labute approximate surface area is 410 Å². The zero-order valence-corrected chi connectivity index (χ0v) is 44.2. The molecule has 0 radical (unpaired) electrons. The van der Waals surface area contributed by atoms with Crippen LogP contribution in [0.5, 0.6) is 0 Å². The first-order chi connectivity index (χ1) is 32.5. The van der Waals surface area contributed by atoms with Gasteiger partial charge < -0.3 is 14.2 Å². The van der Waals surface area contributed by atoms with Gasteiger partial charge in [-0.25, -0.2) is 0 Å². The lowest BCUT2D eigenvalue weighted by atomic mass is 10.1. The molecule has 0 aromatic rings. The summed E-state index contributed by atoms with van der Waals surface area (Å²) in [6.07, 6.45) is 65.6. The molecule has 0 heterocycles. The summed E-state index contributed by atoms with van der Waals surface area (Å²) in [7, 11) is 0. The van der Waals surface area contributed by atoms with E-state index in [1.165, 1.54) is 205 Å². The second kappa shape index (κ2) is 55.2. The Kier molecular flexibility index (Phi) is 53.2. The third-order valence-electron chi connectivity index (χ3n) is 12.8. The molecule has 0 saturated carbocycles. The van der Waals surface area contributed by atoms with Gasteiger partial charge in [0.25, 0.3) is 0 Å². The van der Waals surface area contributed by atoms with Crippen LogP contribution in [0.2, 0.25) is 0 Å². The molecule has 0 aliphatic rings. The third kappa shape index (κ3) is 52.6. The number of rotatable bonds is 53. The summed E-state index contributed by atoms with van der Waals surface area (Å²) in [6, 6.07) is 0. The zero-order chi connectivity index (χ0) is 47.9. The maximum atomic E-state index is 12.8. The first-order valence-electron chi connectivity index (χ1n) is 29.0. The van der Waals surface area contributed by atoms with Crippen LogP contribution in [0.15, 0.2) is 36.5 Å². The van der Waals surface area contributed by atoms with Crippen molar-refractivity contribution < 1.29 is 28.6 Å². The maximum absolute atomic E-state index is 12.8. The smallest absolute Gasteiger partial charge is 0.306 e. The Hall–Kier alpha value is -2.37. The van der Waals surface area contributed by atoms with Gasteiger partial charge in [-0.2, -0.15) is 0 Å². The molecule has 386 valence electrons. The van der Waals surface area contributed by atoms with Crippen molar-refractivity contribution in [2.24, 2.45) is 0 Å². The molecule has 0 spiro atoms. The average Bonchev–Trinajstić information content (AvgIpc) is 3.31. The fourth-order valence-electron chi connectivity index (χ4n) is 8.43. The van der Waals surface area contributed by atoms with Gasteiger partial charge in [-0.1, -0.05) is 231 Å². The van der Waals surface area contributed by atoms with E-state index >= 15 is 0 Å². The molecule has 0 rings (SSSR count). The van der Waals surface area contributed by atoms with Gasteiger partial charge in [0, 0.05) is 19.3 Å². The molecule has 0 aliphatic carbocycles. The molecule has 0 aromatic carbocycles. The minimum absolute atomic E-state index is 0.0769. The van der Waals surface area contributed by atoms with E-state index in [4.69, 9.17) is 14.2 Å². The fourth-order valence-corrected chi connectivity index (χ4v) is 8.43. The van der Waals surface area contributed by atoms with E-state index in [0.717, 1.165) is 64.2 Å². The van der Waals surface area contributed by atoms with Gasteiger partial charge in [0.1, 0.15) is 13.2 Å². The first kappa shape index (κ1) is 63.6. The molecule has 0 fully saturated rings. The molecule has 0 unspecified atom stereocenters. The second-order valence-corrected chi connectivity index (χ2v) is 19.5. The first-order valence-corrected chi connectivity index (χ1v) is 29.0. The predicted molar refractivity (Wildman–Crippen MR) is 284 cm³/mol. The summed E-state index contributed by atoms with van der Waals surface area (Å²) >= 11 is 0. The van der Waals surface area contributed by atoms with E-state index in [0.29, 0.717) is 19.3 Å². The van der Waals surface area contributed by atoms with E-state index in [1.54, 1.807) is 0 Å². The number of carbonyl (C=O) groups excluding carboxylic acids is 3. The van der Waals surface area contributed by atoms with Crippen LogP contribution in [0.4, 0.5) is 0 Å². The van der Waals surface area contributed by atoms with Crippen LogP contribution in [0, 0.1) is 0 Å². The topological polar surface area (TPSA) is 78.9 Å². The van der Waals surface area contributed by atoms with Gasteiger partial charge in [-0.3, -0.25) is 14.4 Å². The zero-order valence-electron chi connectivity index (χ0n) is 44.2. The standard InChI is InChI=1S/C60H110O6/c1-4-7-10-13-16-19-22-25-28-29-30-33-35-38-41-44-47-50-53-59(62)65-56-57(66-60(63)54-51-48-45-42-39-36-32-27-24-21-18-15-12-9-6-3)55-64-58(61)52-49-46-43-40-37-34-31-26-23-20-17-14-11-8-5-2/h20,23,27-29,32,57H,4-19,21-22,24-26,30-31,33-56H2,1-3H3/b23-20-,29-28-,32-27-/t57-/m0/s1. The van der Waals surface area contributed by atoms with Gasteiger partial charge >= 0.3 is 17.9 Å². The number of ether oxygens (including phenoxy) is 3. The predicted octanol–water partition coefficient (Wildman–Crippen LogP) is 19.3. The number of carbonyl (C=O) groups is 3. The summed E-state index contributed by atoms with van der Waals surface area (Å²) in [5.74, 6) is -0.878. The Balaban J connectivity index is 4.36. The Morgan fingerprint density at radius 1 is 0.288 bits per heavy atom. The number of esters is 3. The van der Waals surface area contributed by atoms with Crippen molar-refractivity contribution in [2.45, 2.75) is 316 Å². The second-order valence-electron chi connectivity index (χ2n) is 19.5. The van der Waals surface area contributed by atoms with Crippen LogP contribution < -0.4 is 0 Å². The normalized spacial score (nSPS) is 12.2. The largest absolute Gasteiger partial charge is 0.462 e. The molecule has 6 nitrogen and oxygen atoms in total. The van der Waals surface area contributed by atoms with Crippen LogP contribution in [-0.4, -0.2) is 37.2 Å². The molecule has 0 bridgehead atoms. The van der Waals surface area contributed by atoms with E-state index in [-0.39, 0.29) is 31.1 Å². The highest BCUT2D eigenvalue weighted by atomic mass is 16.6. The van der Waals surface area contributed by atoms with Crippen LogP contribution in [0.25, 0.3) is 0 Å².